The van der Waals surface area contributed by atoms with E-state index in [9.17, 15) is 14.0 Å². The molecule has 0 bridgehead atoms. The Hall–Kier alpha value is -1.43. The Labute approximate surface area is 85.9 Å². The molecule has 1 aromatic rings. The van der Waals surface area contributed by atoms with Gasteiger partial charge in [-0.25, -0.2) is 4.79 Å². The highest BCUT2D eigenvalue weighted by Crippen LogP contribution is 1.83. The van der Waals surface area contributed by atoms with Crippen LogP contribution in [0.25, 0.3) is 0 Å². The summed E-state index contributed by atoms with van der Waals surface area (Å²) < 4.78 is 13.9. The lowest BCUT2D eigenvalue weighted by atomic mass is 10.4. The monoisotopic (exact) mass is 215 g/mol. The number of rotatable bonds is 5. The maximum Gasteiger partial charge on any atom is 0.328 e. The summed E-state index contributed by atoms with van der Waals surface area (Å²) in [4.78, 5) is 23.8. The van der Waals surface area contributed by atoms with Crippen LogP contribution in [-0.2, 0) is 6.54 Å². The molecule has 84 valence electrons. The minimum absolute atomic E-state index is 0.340. The van der Waals surface area contributed by atoms with Gasteiger partial charge in [0.25, 0.3) is 5.56 Å². The first-order valence-corrected chi connectivity index (χ1v) is 4.85. The third-order valence-electron chi connectivity index (χ3n) is 1.92. The van der Waals surface area contributed by atoms with Crippen molar-refractivity contribution >= 4 is 0 Å². The molecule has 0 unspecified atom stereocenters. The van der Waals surface area contributed by atoms with E-state index in [1.165, 1.54) is 0 Å². The molecule has 0 amide bonds. The lowest BCUT2D eigenvalue weighted by Crippen LogP contribution is -2.34. The van der Waals surface area contributed by atoms with Crippen LogP contribution in [0.4, 0.5) is 4.39 Å². The smallest absolute Gasteiger partial charge is 0.315 e. The van der Waals surface area contributed by atoms with Crippen LogP contribution in [0.15, 0.2) is 15.8 Å². The van der Waals surface area contributed by atoms with Crippen LogP contribution in [0.1, 0.15) is 13.3 Å². The highest BCUT2D eigenvalue weighted by atomic mass is 19.1. The normalized spacial score (nSPS) is 10.5. The van der Waals surface area contributed by atoms with Crippen molar-refractivity contribution in [2.24, 2.45) is 0 Å². The van der Waals surface area contributed by atoms with Gasteiger partial charge < -0.3 is 5.32 Å². The molecule has 0 saturated carbocycles. The van der Waals surface area contributed by atoms with Crippen LogP contribution < -0.4 is 16.6 Å². The number of H-pyrrole nitrogens is 1. The maximum absolute atomic E-state index is 12.8. The van der Waals surface area contributed by atoms with E-state index in [-0.39, 0.29) is 0 Å². The summed E-state index contributed by atoms with van der Waals surface area (Å²) in [5, 5.41) is 3.07. The molecule has 0 atom stereocenters. The number of aromatic nitrogens is 2. The zero-order valence-electron chi connectivity index (χ0n) is 8.55. The molecule has 0 saturated heterocycles. The van der Waals surface area contributed by atoms with Gasteiger partial charge in [-0.05, 0) is 13.0 Å². The molecule has 0 fully saturated rings. The molecule has 0 spiro atoms. The van der Waals surface area contributed by atoms with Gasteiger partial charge in [0.1, 0.15) is 0 Å². The van der Waals surface area contributed by atoms with Gasteiger partial charge in [-0.15, -0.1) is 0 Å². The number of halogens is 1. The lowest BCUT2D eigenvalue weighted by Gasteiger charge is -2.05. The van der Waals surface area contributed by atoms with E-state index in [4.69, 9.17) is 0 Å². The SMILES string of the molecule is CCCNCCn1cc(F)c(=O)[nH]c1=O. The molecular formula is C9H14FN3O2. The van der Waals surface area contributed by atoms with Gasteiger partial charge >= 0.3 is 5.69 Å². The van der Waals surface area contributed by atoms with Crippen molar-refractivity contribution in [1.29, 1.82) is 0 Å². The lowest BCUT2D eigenvalue weighted by molar-refractivity contribution is 0.529. The number of hydrogen-bond acceptors (Lipinski definition) is 3. The Morgan fingerprint density at radius 1 is 1.47 bits per heavy atom. The highest BCUT2D eigenvalue weighted by Gasteiger charge is 2.02. The van der Waals surface area contributed by atoms with Crippen molar-refractivity contribution in [1.82, 2.24) is 14.9 Å². The molecule has 0 aliphatic rings. The summed E-state index contributed by atoms with van der Waals surface area (Å²) in [6, 6.07) is 0. The molecule has 1 heterocycles. The molecule has 6 heteroatoms. The van der Waals surface area contributed by atoms with Crippen LogP contribution in [-0.4, -0.2) is 22.6 Å². The van der Waals surface area contributed by atoms with E-state index < -0.39 is 17.1 Å². The first-order valence-electron chi connectivity index (χ1n) is 4.85. The first kappa shape index (κ1) is 11.6. The Morgan fingerprint density at radius 2 is 2.20 bits per heavy atom. The molecule has 0 aromatic carbocycles. The Kier molecular flexibility index (Phi) is 4.23. The van der Waals surface area contributed by atoms with Crippen LogP contribution in [0, 0.1) is 5.82 Å². The second-order valence-corrected chi connectivity index (χ2v) is 3.18. The molecule has 0 aliphatic carbocycles. The summed E-state index contributed by atoms with van der Waals surface area (Å²) in [7, 11) is 0. The molecule has 5 nitrogen and oxygen atoms in total. The summed E-state index contributed by atoms with van der Waals surface area (Å²) >= 11 is 0. The van der Waals surface area contributed by atoms with Gasteiger partial charge in [-0.1, -0.05) is 6.92 Å². The maximum atomic E-state index is 12.8. The third kappa shape index (κ3) is 3.32. The Morgan fingerprint density at radius 3 is 2.87 bits per heavy atom. The zero-order valence-corrected chi connectivity index (χ0v) is 8.55. The average molecular weight is 215 g/mol. The molecule has 2 N–H and O–H groups in total. The predicted molar refractivity (Wildman–Crippen MR) is 54.4 cm³/mol. The quantitative estimate of drug-likeness (QED) is 0.661. The Balaban J connectivity index is 2.66. The topological polar surface area (TPSA) is 66.9 Å². The van der Waals surface area contributed by atoms with Gasteiger partial charge in [0.2, 0.25) is 5.82 Å². The van der Waals surface area contributed by atoms with E-state index in [1.54, 1.807) is 0 Å². The van der Waals surface area contributed by atoms with Gasteiger partial charge in [0.15, 0.2) is 0 Å². The van der Waals surface area contributed by atoms with Crippen molar-refractivity contribution in [3.63, 3.8) is 0 Å². The number of hydrogen-bond donors (Lipinski definition) is 2. The highest BCUT2D eigenvalue weighted by molar-refractivity contribution is 4.87. The molecule has 1 rings (SSSR count). The molecular weight excluding hydrogens is 201 g/mol. The summed E-state index contributed by atoms with van der Waals surface area (Å²) in [5.74, 6) is -0.940. The minimum Gasteiger partial charge on any atom is -0.315 e. The number of nitrogens with one attached hydrogen (secondary N) is 2. The van der Waals surface area contributed by atoms with E-state index in [1.807, 2.05) is 11.9 Å². The summed E-state index contributed by atoms with van der Waals surface area (Å²) in [5.41, 5.74) is -1.56. The van der Waals surface area contributed by atoms with Gasteiger partial charge in [-0.3, -0.25) is 14.3 Å². The van der Waals surface area contributed by atoms with Gasteiger partial charge in [-0.2, -0.15) is 4.39 Å². The van der Waals surface area contributed by atoms with Crippen molar-refractivity contribution in [3.8, 4) is 0 Å². The summed E-state index contributed by atoms with van der Waals surface area (Å²) in [6.07, 6.45) is 1.92. The van der Waals surface area contributed by atoms with Crippen LogP contribution in [0.2, 0.25) is 0 Å². The van der Waals surface area contributed by atoms with Crippen LogP contribution >= 0.6 is 0 Å². The standard InChI is InChI=1S/C9H14FN3O2/c1-2-3-11-4-5-13-6-7(10)8(14)12-9(13)15/h6,11H,2-5H2,1H3,(H,12,14,15). The number of aromatic amines is 1. The first-order chi connectivity index (χ1) is 7.15. The fraction of sp³-hybridized carbons (Fsp3) is 0.556. The Bertz CT molecular complexity index is 424. The van der Waals surface area contributed by atoms with E-state index >= 15 is 0 Å². The predicted octanol–water partition coefficient (Wildman–Crippen LogP) is -0.325. The van der Waals surface area contributed by atoms with Crippen molar-refractivity contribution < 1.29 is 4.39 Å². The molecule has 0 radical (unpaired) electrons. The van der Waals surface area contributed by atoms with E-state index in [2.05, 4.69) is 5.32 Å². The van der Waals surface area contributed by atoms with Crippen molar-refractivity contribution in [3.05, 3.63) is 32.9 Å². The molecule has 1 aromatic heterocycles. The third-order valence-corrected chi connectivity index (χ3v) is 1.92. The van der Waals surface area contributed by atoms with Crippen LogP contribution in [0.5, 0.6) is 0 Å². The number of nitrogens with zero attached hydrogens (tertiary/aromatic N) is 1. The fourth-order valence-electron chi connectivity index (χ4n) is 1.15. The van der Waals surface area contributed by atoms with Gasteiger partial charge in [0, 0.05) is 13.1 Å². The van der Waals surface area contributed by atoms with E-state index in [0.29, 0.717) is 13.1 Å². The fourth-order valence-corrected chi connectivity index (χ4v) is 1.15. The van der Waals surface area contributed by atoms with Crippen LogP contribution in [0.3, 0.4) is 0 Å². The van der Waals surface area contributed by atoms with Gasteiger partial charge in [0.05, 0.1) is 6.20 Å². The second-order valence-electron chi connectivity index (χ2n) is 3.18. The van der Waals surface area contributed by atoms with Crippen molar-refractivity contribution in [2.45, 2.75) is 19.9 Å². The van der Waals surface area contributed by atoms with Crippen molar-refractivity contribution in [2.75, 3.05) is 13.1 Å². The van der Waals surface area contributed by atoms with E-state index in [0.717, 1.165) is 23.7 Å². The zero-order chi connectivity index (χ0) is 11.3. The summed E-state index contributed by atoms with van der Waals surface area (Å²) in [6.45, 7) is 3.78. The molecule has 0 aliphatic heterocycles. The second kappa shape index (κ2) is 5.45. The molecule has 15 heavy (non-hydrogen) atoms. The largest absolute Gasteiger partial charge is 0.328 e. The average Bonchev–Trinajstić information content (AvgIpc) is 2.20. The minimum atomic E-state index is -0.974.